The van der Waals surface area contributed by atoms with E-state index in [-0.39, 0.29) is 24.7 Å². The smallest absolute Gasteiger partial charge is 0.336 e. The molecule has 0 aliphatic heterocycles. The van der Waals surface area contributed by atoms with Crippen LogP contribution in [0.15, 0.2) is 48.6 Å². The molecule has 166 valence electrons. The minimum atomic E-state index is -0.977. The molecule has 2 atom stereocenters. The van der Waals surface area contributed by atoms with E-state index in [9.17, 15) is 14.7 Å². The molecule has 2 unspecified atom stereocenters. The fourth-order valence-electron chi connectivity index (χ4n) is 2.45. The average Bonchev–Trinajstić information content (AvgIpc) is 2.73. The van der Waals surface area contributed by atoms with E-state index in [1.165, 1.54) is 6.92 Å². The van der Waals surface area contributed by atoms with Crippen LogP contribution in [0.25, 0.3) is 0 Å². The van der Waals surface area contributed by atoms with Gasteiger partial charge in [-0.05, 0) is 50.8 Å². The molecule has 6 heteroatoms. The molecule has 1 aromatic carbocycles. The third kappa shape index (κ3) is 9.74. The average molecular weight is 419 g/mol. The summed E-state index contributed by atoms with van der Waals surface area (Å²) in [6.07, 6.45) is 2.50. The first-order chi connectivity index (χ1) is 14.2. The molecule has 1 rings (SSSR count). The summed E-state index contributed by atoms with van der Waals surface area (Å²) in [7, 11) is 0. The minimum Gasteiger partial charge on any atom is -0.494 e. The van der Waals surface area contributed by atoms with Gasteiger partial charge < -0.3 is 19.3 Å². The molecule has 0 aromatic heterocycles. The van der Waals surface area contributed by atoms with E-state index in [4.69, 9.17) is 14.2 Å². The van der Waals surface area contributed by atoms with Crippen LogP contribution in [0.2, 0.25) is 0 Å². The number of benzene rings is 1. The van der Waals surface area contributed by atoms with Crippen molar-refractivity contribution in [2.24, 2.45) is 5.92 Å². The summed E-state index contributed by atoms with van der Waals surface area (Å²) in [5.41, 5.74) is 1.41. The molecule has 0 spiro atoms. The van der Waals surface area contributed by atoms with Crippen molar-refractivity contribution in [2.45, 2.75) is 52.6 Å². The second-order valence-corrected chi connectivity index (χ2v) is 7.43. The van der Waals surface area contributed by atoms with E-state index in [1.807, 2.05) is 24.3 Å². The van der Waals surface area contributed by atoms with Crippen LogP contribution in [0.3, 0.4) is 0 Å². The number of ether oxygens (including phenoxy) is 3. The Morgan fingerprint density at radius 2 is 1.67 bits per heavy atom. The maximum absolute atomic E-state index is 11.9. The zero-order valence-electron chi connectivity index (χ0n) is 18.3. The van der Waals surface area contributed by atoms with Gasteiger partial charge in [0, 0.05) is 11.5 Å². The first-order valence-electron chi connectivity index (χ1n) is 10.3. The summed E-state index contributed by atoms with van der Waals surface area (Å²) in [4.78, 5) is 23.6. The van der Waals surface area contributed by atoms with Crippen molar-refractivity contribution in [3.63, 3.8) is 0 Å². The molecular weight excluding hydrogens is 384 g/mol. The van der Waals surface area contributed by atoms with Crippen molar-refractivity contribution in [2.75, 3.05) is 19.8 Å². The van der Waals surface area contributed by atoms with Gasteiger partial charge in [0.05, 0.1) is 31.5 Å². The second-order valence-electron chi connectivity index (χ2n) is 7.43. The fourth-order valence-corrected chi connectivity index (χ4v) is 2.45. The van der Waals surface area contributed by atoms with Gasteiger partial charge in [-0.1, -0.05) is 38.6 Å². The van der Waals surface area contributed by atoms with Crippen LogP contribution in [0.4, 0.5) is 0 Å². The molecule has 30 heavy (non-hydrogen) atoms. The van der Waals surface area contributed by atoms with Crippen LogP contribution < -0.4 is 4.74 Å². The van der Waals surface area contributed by atoms with Crippen LogP contribution in [-0.4, -0.2) is 43.0 Å². The summed E-state index contributed by atoms with van der Waals surface area (Å²) in [5.74, 6) is -0.493. The van der Waals surface area contributed by atoms with E-state index in [0.29, 0.717) is 18.6 Å². The van der Waals surface area contributed by atoms with Gasteiger partial charge in [-0.3, -0.25) is 0 Å². The Morgan fingerprint density at radius 1 is 1.07 bits per heavy atom. The molecule has 0 aliphatic carbocycles. The van der Waals surface area contributed by atoms with E-state index >= 15 is 0 Å². The third-order valence-corrected chi connectivity index (χ3v) is 4.55. The zero-order valence-corrected chi connectivity index (χ0v) is 18.3. The van der Waals surface area contributed by atoms with Gasteiger partial charge in [0.15, 0.2) is 0 Å². The standard InChI is InChI=1S/C24H34O6/c1-6-7-14-28-22-12-10-20(11-13-22)8-9-21(15-29-23(26)17(2)3)16-30-24(27)18(4)19(5)25/h10-13,19,21,25H,2,4,6-9,14-16H2,1,3,5H3. The summed E-state index contributed by atoms with van der Waals surface area (Å²) >= 11 is 0. The van der Waals surface area contributed by atoms with Crippen molar-refractivity contribution in [3.05, 3.63) is 54.1 Å². The van der Waals surface area contributed by atoms with Crippen molar-refractivity contribution >= 4 is 11.9 Å². The number of carbonyl (C=O) groups excluding carboxylic acids is 2. The topological polar surface area (TPSA) is 82.1 Å². The Morgan fingerprint density at radius 3 is 2.20 bits per heavy atom. The molecular formula is C24H34O6. The first-order valence-corrected chi connectivity index (χ1v) is 10.3. The van der Waals surface area contributed by atoms with Gasteiger partial charge in [-0.15, -0.1) is 0 Å². The number of esters is 2. The van der Waals surface area contributed by atoms with E-state index in [2.05, 4.69) is 20.1 Å². The molecule has 0 saturated heterocycles. The van der Waals surface area contributed by atoms with Gasteiger partial charge in [0.25, 0.3) is 0 Å². The number of rotatable bonds is 14. The van der Waals surface area contributed by atoms with Crippen LogP contribution in [0.5, 0.6) is 5.75 Å². The Kier molecular flexibility index (Phi) is 11.5. The van der Waals surface area contributed by atoms with Crippen molar-refractivity contribution in [1.29, 1.82) is 0 Å². The lowest BCUT2D eigenvalue weighted by Gasteiger charge is -2.18. The quantitative estimate of drug-likeness (QED) is 0.279. The number of aliphatic hydroxyl groups is 1. The maximum atomic E-state index is 11.9. The zero-order chi connectivity index (χ0) is 22.5. The largest absolute Gasteiger partial charge is 0.494 e. The van der Waals surface area contributed by atoms with Crippen LogP contribution in [-0.2, 0) is 25.5 Å². The molecule has 6 nitrogen and oxygen atoms in total. The molecule has 0 amide bonds. The Bertz CT molecular complexity index is 705. The molecule has 1 aromatic rings. The summed E-state index contributed by atoms with van der Waals surface area (Å²) in [6, 6.07) is 7.88. The molecule has 0 saturated carbocycles. The highest BCUT2D eigenvalue weighted by Gasteiger charge is 2.18. The van der Waals surface area contributed by atoms with Crippen molar-refractivity contribution in [1.82, 2.24) is 0 Å². The summed E-state index contributed by atoms with van der Waals surface area (Å²) in [5, 5.41) is 9.45. The Hall–Kier alpha value is -2.60. The highest BCUT2D eigenvalue weighted by molar-refractivity contribution is 5.88. The molecule has 0 radical (unpaired) electrons. The highest BCUT2D eigenvalue weighted by Crippen LogP contribution is 2.17. The van der Waals surface area contributed by atoms with Gasteiger partial charge in [-0.25, -0.2) is 9.59 Å². The van der Waals surface area contributed by atoms with Gasteiger partial charge in [0.2, 0.25) is 0 Å². The van der Waals surface area contributed by atoms with E-state index in [1.54, 1.807) is 6.92 Å². The SMILES string of the molecule is C=C(C)C(=O)OCC(CCc1ccc(OCCCC)cc1)COC(=O)C(=C)C(C)O. The third-order valence-electron chi connectivity index (χ3n) is 4.55. The highest BCUT2D eigenvalue weighted by atomic mass is 16.5. The molecule has 0 bridgehead atoms. The lowest BCUT2D eigenvalue weighted by atomic mass is 10.0. The lowest BCUT2D eigenvalue weighted by molar-refractivity contribution is -0.144. The van der Waals surface area contributed by atoms with E-state index < -0.39 is 18.0 Å². The van der Waals surface area contributed by atoms with E-state index in [0.717, 1.165) is 30.6 Å². The molecule has 0 heterocycles. The summed E-state index contributed by atoms with van der Waals surface area (Å²) < 4.78 is 16.2. The Balaban J connectivity index is 2.63. The van der Waals surface area contributed by atoms with Crippen LogP contribution in [0.1, 0.15) is 45.6 Å². The Labute approximate surface area is 179 Å². The number of hydrogen-bond acceptors (Lipinski definition) is 6. The summed E-state index contributed by atoms with van der Waals surface area (Å²) in [6.45, 7) is 13.1. The number of aliphatic hydroxyl groups excluding tert-OH is 1. The van der Waals surface area contributed by atoms with Crippen molar-refractivity contribution < 1.29 is 28.9 Å². The van der Waals surface area contributed by atoms with Gasteiger partial charge in [0.1, 0.15) is 5.75 Å². The predicted molar refractivity (Wildman–Crippen MR) is 116 cm³/mol. The maximum Gasteiger partial charge on any atom is 0.336 e. The monoisotopic (exact) mass is 418 g/mol. The minimum absolute atomic E-state index is 0.00802. The number of carbonyl (C=O) groups is 2. The van der Waals surface area contributed by atoms with Gasteiger partial charge in [-0.2, -0.15) is 0 Å². The molecule has 1 N–H and O–H groups in total. The van der Waals surface area contributed by atoms with Crippen molar-refractivity contribution in [3.8, 4) is 5.75 Å². The normalized spacial score (nSPS) is 12.5. The van der Waals surface area contributed by atoms with Crippen LogP contribution >= 0.6 is 0 Å². The number of hydrogen-bond donors (Lipinski definition) is 1. The predicted octanol–water partition coefficient (Wildman–Crippen LogP) is 4.01. The number of unbranched alkanes of at least 4 members (excludes halogenated alkanes) is 1. The first kappa shape index (κ1) is 25.4. The molecule has 0 fully saturated rings. The lowest BCUT2D eigenvalue weighted by Crippen LogP contribution is -2.24. The number of aryl methyl sites for hydroxylation is 1. The van der Waals surface area contributed by atoms with Gasteiger partial charge >= 0.3 is 11.9 Å². The second kappa shape index (κ2) is 13.6. The fraction of sp³-hybridized carbons (Fsp3) is 0.500. The van der Waals surface area contributed by atoms with Crippen LogP contribution in [0, 0.1) is 5.92 Å². The molecule has 0 aliphatic rings.